The number of benzene rings is 2. The third-order valence-corrected chi connectivity index (χ3v) is 6.05. The van der Waals surface area contributed by atoms with Crippen LogP contribution >= 0.6 is 35.0 Å². The number of aliphatic hydroxyl groups excluding tert-OH is 2. The second-order valence-corrected chi connectivity index (χ2v) is 8.85. The highest BCUT2D eigenvalue weighted by atomic mass is 35.5. The summed E-state index contributed by atoms with van der Waals surface area (Å²) >= 11 is 13.6. The van der Waals surface area contributed by atoms with Gasteiger partial charge in [-0.3, -0.25) is 4.79 Å². The highest BCUT2D eigenvalue weighted by Gasteiger charge is 2.17. The number of nitriles is 1. The molecule has 0 fully saturated rings. The van der Waals surface area contributed by atoms with E-state index in [1.807, 2.05) is 6.07 Å². The molecule has 0 saturated heterocycles. The van der Waals surface area contributed by atoms with E-state index in [0.717, 1.165) is 11.8 Å². The molecule has 1 amide bonds. The lowest BCUT2D eigenvalue weighted by Crippen LogP contribution is -2.33. The van der Waals surface area contributed by atoms with E-state index >= 15 is 0 Å². The number of aromatic nitrogens is 3. The number of anilines is 1. The molecule has 3 aromatic rings. The van der Waals surface area contributed by atoms with Crippen LogP contribution in [0.1, 0.15) is 10.4 Å². The van der Waals surface area contributed by atoms with Crippen molar-refractivity contribution < 1.29 is 24.5 Å². The lowest BCUT2D eigenvalue weighted by Gasteiger charge is -2.12. The fourth-order valence-corrected chi connectivity index (χ4v) is 4.20. The standard InChI is InChI=1S/C22H20Cl2N6O5S/c1-34-17-6-11(20(33)27-9-12(32)10-31)2-3-18(17)36-22-29-19(28-21(26)30-22)13-7-16(35-5-4-25)15(24)8-14(13)23/h2-3,6-8,12,31-32H,5,9-10H2,1H3,(H,27,33)(H2,26,28,29,30). The van der Waals surface area contributed by atoms with Crippen molar-refractivity contribution in [1.82, 2.24) is 20.3 Å². The van der Waals surface area contributed by atoms with Crippen LogP contribution < -0.4 is 20.5 Å². The second kappa shape index (κ2) is 12.6. The molecule has 0 saturated carbocycles. The maximum atomic E-state index is 12.3. The molecule has 0 aliphatic carbocycles. The number of hydrogen-bond acceptors (Lipinski definition) is 11. The number of nitrogens with zero attached hydrogens (tertiary/aromatic N) is 4. The number of rotatable bonds is 10. The smallest absolute Gasteiger partial charge is 0.251 e. The lowest BCUT2D eigenvalue weighted by atomic mass is 10.2. The third-order valence-electron chi connectivity index (χ3n) is 4.52. The topological polar surface area (TPSA) is 176 Å². The Bertz CT molecular complexity index is 1310. The summed E-state index contributed by atoms with van der Waals surface area (Å²) in [4.78, 5) is 25.7. The van der Waals surface area contributed by atoms with Gasteiger partial charge in [0.2, 0.25) is 5.95 Å². The summed E-state index contributed by atoms with van der Waals surface area (Å²) < 4.78 is 10.7. The van der Waals surface area contributed by atoms with Gasteiger partial charge in [-0.25, -0.2) is 4.98 Å². The minimum atomic E-state index is -1.06. The van der Waals surface area contributed by atoms with Gasteiger partial charge in [0.1, 0.15) is 17.6 Å². The van der Waals surface area contributed by atoms with E-state index in [9.17, 15) is 9.90 Å². The number of carbonyl (C=O) groups is 1. The Morgan fingerprint density at radius 2 is 2.00 bits per heavy atom. The van der Waals surface area contributed by atoms with Gasteiger partial charge in [-0.1, -0.05) is 23.2 Å². The van der Waals surface area contributed by atoms with Crippen molar-refractivity contribution in [3.63, 3.8) is 0 Å². The molecule has 0 aliphatic heterocycles. The molecular formula is C22H20Cl2N6O5S. The van der Waals surface area contributed by atoms with Crippen molar-refractivity contribution in [2.24, 2.45) is 0 Å². The number of nitrogen functional groups attached to an aromatic ring is 1. The van der Waals surface area contributed by atoms with Gasteiger partial charge in [0.05, 0.1) is 34.8 Å². The van der Waals surface area contributed by atoms with E-state index in [4.69, 9.17) is 48.8 Å². The number of hydrogen-bond donors (Lipinski definition) is 4. The fourth-order valence-electron chi connectivity index (χ4n) is 2.83. The average Bonchev–Trinajstić information content (AvgIpc) is 2.86. The first-order chi connectivity index (χ1) is 17.2. The van der Waals surface area contributed by atoms with Crippen LogP contribution in [0.4, 0.5) is 5.95 Å². The number of halogens is 2. The molecule has 188 valence electrons. The quantitative estimate of drug-likeness (QED) is 0.291. The molecule has 0 radical (unpaired) electrons. The number of amides is 1. The summed E-state index contributed by atoms with van der Waals surface area (Å²) in [6.07, 6.45) is -1.06. The molecule has 36 heavy (non-hydrogen) atoms. The van der Waals surface area contributed by atoms with Crippen molar-refractivity contribution in [2.75, 3.05) is 32.6 Å². The van der Waals surface area contributed by atoms with E-state index in [1.165, 1.54) is 25.3 Å². The molecule has 1 aromatic heterocycles. The number of methoxy groups -OCH3 is 1. The largest absolute Gasteiger partial charge is 0.496 e. The first kappa shape index (κ1) is 27.3. The van der Waals surface area contributed by atoms with Crippen LogP contribution in [0, 0.1) is 11.3 Å². The number of carbonyl (C=O) groups excluding carboxylic acids is 1. The predicted molar refractivity (Wildman–Crippen MR) is 133 cm³/mol. The normalized spacial score (nSPS) is 11.4. The molecule has 1 atom stereocenters. The summed E-state index contributed by atoms with van der Waals surface area (Å²) in [6.45, 7) is -0.777. The van der Waals surface area contributed by atoms with Gasteiger partial charge >= 0.3 is 0 Å². The van der Waals surface area contributed by atoms with Crippen molar-refractivity contribution >= 4 is 46.8 Å². The summed E-state index contributed by atoms with van der Waals surface area (Å²) in [5.41, 5.74) is 6.57. The Labute approximate surface area is 220 Å². The van der Waals surface area contributed by atoms with Crippen molar-refractivity contribution in [3.05, 3.63) is 45.9 Å². The van der Waals surface area contributed by atoms with Crippen LogP contribution in [0.2, 0.25) is 10.0 Å². The van der Waals surface area contributed by atoms with Crippen LogP contribution in [0.15, 0.2) is 40.4 Å². The van der Waals surface area contributed by atoms with Gasteiger partial charge in [0, 0.05) is 17.7 Å². The van der Waals surface area contributed by atoms with Gasteiger partial charge < -0.3 is 30.7 Å². The van der Waals surface area contributed by atoms with E-state index in [1.54, 1.807) is 12.1 Å². The Balaban J connectivity index is 1.89. The third kappa shape index (κ3) is 6.87. The lowest BCUT2D eigenvalue weighted by molar-refractivity contribution is 0.0801. The van der Waals surface area contributed by atoms with E-state index in [-0.39, 0.29) is 51.4 Å². The molecule has 14 heteroatoms. The van der Waals surface area contributed by atoms with Crippen molar-refractivity contribution in [2.45, 2.75) is 16.2 Å². The molecule has 0 spiro atoms. The molecule has 0 aliphatic rings. The molecule has 0 bridgehead atoms. The first-order valence-corrected chi connectivity index (χ1v) is 11.8. The number of ether oxygens (including phenoxy) is 2. The Kier molecular flexibility index (Phi) is 9.51. The highest BCUT2D eigenvalue weighted by molar-refractivity contribution is 7.99. The minimum Gasteiger partial charge on any atom is -0.496 e. The summed E-state index contributed by atoms with van der Waals surface area (Å²) in [5.74, 6) is 0.243. The van der Waals surface area contributed by atoms with E-state index < -0.39 is 18.6 Å². The Morgan fingerprint density at radius 1 is 1.22 bits per heavy atom. The van der Waals surface area contributed by atoms with Crippen LogP contribution in [-0.2, 0) is 0 Å². The van der Waals surface area contributed by atoms with Crippen molar-refractivity contribution in [3.8, 4) is 29.0 Å². The van der Waals surface area contributed by atoms with E-state index in [2.05, 4.69) is 20.3 Å². The predicted octanol–water partition coefficient (Wildman–Crippen LogP) is 2.57. The minimum absolute atomic E-state index is 0.0644. The maximum Gasteiger partial charge on any atom is 0.251 e. The highest BCUT2D eigenvalue weighted by Crippen LogP contribution is 2.38. The van der Waals surface area contributed by atoms with Gasteiger partial charge in [-0.2, -0.15) is 15.2 Å². The Hall–Kier alpha value is -3.34. The van der Waals surface area contributed by atoms with Crippen LogP contribution in [0.3, 0.4) is 0 Å². The molecule has 5 N–H and O–H groups in total. The van der Waals surface area contributed by atoms with Gasteiger partial charge in [0.15, 0.2) is 17.6 Å². The maximum absolute atomic E-state index is 12.3. The van der Waals surface area contributed by atoms with Gasteiger partial charge in [0.25, 0.3) is 5.91 Å². The fraction of sp³-hybridized carbons (Fsp3) is 0.227. The SMILES string of the molecule is COc1cc(C(=O)NCC(O)CO)ccc1Sc1nc(N)nc(-c2cc(OCC#N)c(Cl)cc2Cl)n1. The zero-order chi connectivity index (χ0) is 26.2. The van der Waals surface area contributed by atoms with Crippen molar-refractivity contribution in [1.29, 1.82) is 5.26 Å². The molecular weight excluding hydrogens is 531 g/mol. The first-order valence-electron chi connectivity index (χ1n) is 10.2. The number of nitrogens with two attached hydrogens (primary N) is 1. The van der Waals surface area contributed by atoms with E-state index in [0.29, 0.717) is 16.2 Å². The summed E-state index contributed by atoms with van der Waals surface area (Å²) in [7, 11) is 1.44. The number of nitrogens with one attached hydrogen (secondary N) is 1. The van der Waals surface area contributed by atoms with Gasteiger partial charge in [-0.15, -0.1) is 0 Å². The molecule has 1 heterocycles. The summed E-state index contributed by atoms with van der Waals surface area (Å²) in [5, 5.41) is 30.3. The zero-order valence-electron chi connectivity index (χ0n) is 18.7. The van der Waals surface area contributed by atoms with Crippen LogP contribution in [-0.4, -0.2) is 64.0 Å². The molecule has 3 rings (SSSR count). The molecule has 2 aromatic carbocycles. The zero-order valence-corrected chi connectivity index (χ0v) is 21.1. The van der Waals surface area contributed by atoms with Gasteiger partial charge in [-0.05, 0) is 42.1 Å². The summed E-state index contributed by atoms with van der Waals surface area (Å²) in [6, 6.07) is 9.54. The molecule has 1 unspecified atom stereocenters. The average molecular weight is 551 g/mol. The molecule has 11 nitrogen and oxygen atoms in total. The number of aliphatic hydroxyl groups is 2. The Morgan fingerprint density at radius 3 is 2.69 bits per heavy atom. The van der Waals surface area contributed by atoms with Crippen LogP contribution in [0.5, 0.6) is 11.5 Å². The van der Waals surface area contributed by atoms with Crippen LogP contribution in [0.25, 0.3) is 11.4 Å². The second-order valence-electron chi connectivity index (χ2n) is 7.02. The monoisotopic (exact) mass is 550 g/mol.